The number of carbonyl (C=O) groups is 1. The summed E-state index contributed by atoms with van der Waals surface area (Å²) in [7, 11) is 1.90. The predicted octanol–water partition coefficient (Wildman–Crippen LogP) is 7.43. The number of hydrogen-bond acceptors (Lipinski definition) is 5. The van der Waals surface area contributed by atoms with E-state index in [4.69, 9.17) is 10.2 Å². The summed E-state index contributed by atoms with van der Waals surface area (Å²) in [5.74, 6) is 3.17. The van der Waals surface area contributed by atoms with Gasteiger partial charge in [0.15, 0.2) is 5.17 Å². The number of likely N-dealkylation sites (tertiary alicyclic amines) is 1. The topological polar surface area (TPSA) is 68.5 Å². The van der Waals surface area contributed by atoms with Crippen LogP contribution >= 0.6 is 11.8 Å². The molecule has 33 heavy (non-hydrogen) atoms. The van der Waals surface area contributed by atoms with Crippen molar-refractivity contribution < 1.29 is 4.79 Å². The normalized spacial score (nSPS) is 11.6. The molecule has 0 aliphatic carbocycles. The molecule has 1 saturated heterocycles. The van der Waals surface area contributed by atoms with Crippen LogP contribution in [-0.4, -0.2) is 55.0 Å². The zero-order valence-corrected chi connectivity index (χ0v) is 24.2. The standard InChI is InChI=1S/C12H22N4S.C6H14.C3H4.C2H4O.2C2H6/c1-14-7-5-11-17-12(15-8-6-13)16-9-3-2-4-10-16;1-3-5-6-4-2;1-3-2;1-2-3;2*1-2/h5-7,13-14H,2-4,8-11H2,1H3;3-6H2,1-2H3;1H,2H3;2H,1H3;2*1-2H3/b7-5+,13-6?,15-12?;;;;;. The number of amidine groups is 1. The molecular weight excluding hydrogens is 428 g/mol. The highest BCUT2D eigenvalue weighted by Gasteiger charge is 2.14. The number of unbranched alkanes of at least 4 members (excludes halogenated alkanes) is 3. The van der Waals surface area contributed by atoms with Crippen molar-refractivity contribution in [2.45, 2.75) is 100 Å². The first-order chi connectivity index (χ1) is 16.1. The fraction of sp³-hybridized carbons (Fsp3) is 0.741. The minimum Gasteiger partial charge on any atom is -0.394 e. The second-order valence-corrected chi connectivity index (χ2v) is 7.10. The van der Waals surface area contributed by atoms with Crippen LogP contribution in [0.4, 0.5) is 0 Å². The molecule has 0 amide bonds. The van der Waals surface area contributed by atoms with E-state index in [-0.39, 0.29) is 0 Å². The lowest BCUT2D eigenvalue weighted by molar-refractivity contribution is -0.106. The third-order valence-corrected chi connectivity index (χ3v) is 4.50. The molecule has 0 aromatic rings. The molecule has 0 spiro atoms. The number of aldehydes is 1. The van der Waals surface area contributed by atoms with Gasteiger partial charge in [0.25, 0.3) is 0 Å². The number of aliphatic imine (C=N–C) groups is 1. The molecule has 0 aromatic carbocycles. The lowest BCUT2D eigenvalue weighted by Crippen LogP contribution is -2.34. The Morgan fingerprint density at radius 2 is 1.58 bits per heavy atom. The van der Waals surface area contributed by atoms with Gasteiger partial charge in [-0.2, -0.15) is 0 Å². The van der Waals surface area contributed by atoms with Gasteiger partial charge in [-0.25, -0.2) is 0 Å². The first-order valence-electron chi connectivity index (χ1n) is 12.6. The Bertz CT molecular complexity index is 436. The SMILES string of the molecule is C#CC.CC.CC.CC=O.CCCCCC.CN/C=C/CSC(=NCC=N)N1CCCCC1. The average molecular weight is 485 g/mol. The van der Waals surface area contributed by atoms with Crippen molar-refractivity contribution in [1.29, 1.82) is 5.41 Å². The van der Waals surface area contributed by atoms with Gasteiger partial charge >= 0.3 is 0 Å². The zero-order valence-electron chi connectivity index (χ0n) is 23.4. The van der Waals surface area contributed by atoms with Crippen LogP contribution in [0.25, 0.3) is 0 Å². The molecule has 0 atom stereocenters. The fourth-order valence-corrected chi connectivity index (χ4v) is 3.11. The van der Waals surface area contributed by atoms with Crippen LogP contribution in [0.2, 0.25) is 0 Å². The van der Waals surface area contributed by atoms with E-state index in [9.17, 15) is 0 Å². The lowest BCUT2D eigenvalue weighted by atomic mass is 10.1. The Kier molecular flexibility index (Phi) is 60.2. The van der Waals surface area contributed by atoms with Crippen LogP contribution < -0.4 is 5.32 Å². The van der Waals surface area contributed by atoms with Gasteiger partial charge < -0.3 is 20.4 Å². The van der Waals surface area contributed by atoms with Gasteiger partial charge in [-0.1, -0.05) is 85.1 Å². The van der Waals surface area contributed by atoms with Crippen LogP contribution in [0.5, 0.6) is 0 Å². The number of thioether (sulfide) groups is 1. The van der Waals surface area contributed by atoms with Gasteiger partial charge in [0.2, 0.25) is 0 Å². The molecule has 1 rings (SSSR count). The van der Waals surface area contributed by atoms with E-state index in [1.54, 1.807) is 18.7 Å². The van der Waals surface area contributed by atoms with Gasteiger partial charge in [-0.15, -0.1) is 12.3 Å². The molecule has 1 heterocycles. The highest BCUT2D eigenvalue weighted by atomic mass is 32.2. The van der Waals surface area contributed by atoms with Crippen LogP contribution in [0.15, 0.2) is 17.3 Å². The maximum atomic E-state index is 8.81. The molecule has 1 aliphatic rings. The minimum atomic E-state index is 0.495. The number of rotatable bonds is 8. The van der Waals surface area contributed by atoms with Gasteiger partial charge in [-0.3, -0.25) is 4.99 Å². The summed E-state index contributed by atoms with van der Waals surface area (Å²) in [6, 6.07) is 0. The molecule has 5 nitrogen and oxygen atoms in total. The summed E-state index contributed by atoms with van der Waals surface area (Å²) in [4.78, 5) is 15.6. The largest absolute Gasteiger partial charge is 0.394 e. The summed E-state index contributed by atoms with van der Waals surface area (Å²) in [5.41, 5.74) is 0. The van der Waals surface area contributed by atoms with Crippen molar-refractivity contribution >= 4 is 29.4 Å². The molecule has 1 fully saturated rings. The fourth-order valence-electron chi connectivity index (χ4n) is 2.23. The molecule has 0 bridgehead atoms. The van der Waals surface area contributed by atoms with Crippen LogP contribution in [0.3, 0.4) is 0 Å². The Morgan fingerprint density at radius 3 is 1.94 bits per heavy atom. The third-order valence-electron chi connectivity index (χ3n) is 3.49. The third kappa shape index (κ3) is 44.7. The van der Waals surface area contributed by atoms with E-state index in [2.05, 4.69) is 47.5 Å². The molecule has 0 radical (unpaired) electrons. The summed E-state index contributed by atoms with van der Waals surface area (Å²) in [5, 5.41) is 11.1. The van der Waals surface area contributed by atoms with E-state index in [1.165, 1.54) is 58.1 Å². The van der Waals surface area contributed by atoms with E-state index >= 15 is 0 Å². The maximum Gasteiger partial charge on any atom is 0.159 e. The van der Waals surface area contributed by atoms with Crippen molar-refractivity contribution in [3.63, 3.8) is 0 Å². The van der Waals surface area contributed by atoms with Crippen LogP contribution in [0.1, 0.15) is 100 Å². The molecule has 0 aromatic heterocycles. The Balaban J connectivity index is -0.000000135. The van der Waals surface area contributed by atoms with E-state index in [0.29, 0.717) is 6.54 Å². The number of piperidine rings is 1. The minimum absolute atomic E-state index is 0.495. The second kappa shape index (κ2) is 47.9. The van der Waals surface area contributed by atoms with Crippen LogP contribution in [0, 0.1) is 17.8 Å². The predicted molar refractivity (Wildman–Crippen MR) is 156 cm³/mol. The quantitative estimate of drug-likeness (QED) is 0.124. The van der Waals surface area contributed by atoms with E-state index in [1.807, 2.05) is 40.9 Å². The molecule has 0 saturated carbocycles. The first-order valence-corrected chi connectivity index (χ1v) is 13.6. The van der Waals surface area contributed by atoms with Crippen molar-refractivity contribution in [3.05, 3.63) is 12.3 Å². The van der Waals surface area contributed by atoms with E-state index < -0.39 is 0 Å². The van der Waals surface area contributed by atoms with Crippen molar-refractivity contribution in [2.24, 2.45) is 4.99 Å². The van der Waals surface area contributed by atoms with Crippen LogP contribution in [-0.2, 0) is 4.79 Å². The van der Waals surface area contributed by atoms with Gasteiger partial charge in [0.05, 0.1) is 6.54 Å². The highest BCUT2D eigenvalue weighted by Crippen LogP contribution is 2.16. The zero-order chi connectivity index (χ0) is 26.6. The summed E-state index contributed by atoms with van der Waals surface area (Å²) < 4.78 is 0. The maximum absolute atomic E-state index is 8.81. The molecule has 6 heteroatoms. The number of carbonyl (C=O) groups excluding carboxylic acids is 1. The summed E-state index contributed by atoms with van der Waals surface area (Å²) >= 11 is 1.75. The lowest BCUT2D eigenvalue weighted by Gasteiger charge is -2.29. The number of nitrogens with one attached hydrogen (secondary N) is 2. The second-order valence-electron chi connectivity index (χ2n) is 6.11. The average Bonchev–Trinajstić information content (AvgIpc) is 2.87. The Morgan fingerprint density at radius 1 is 1.12 bits per heavy atom. The van der Waals surface area contributed by atoms with Crippen molar-refractivity contribution in [2.75, 3.05) is 32.4 Å². The molecule has 196 valence electrons. The Labute approximate surface area is 212 Å². The molecular formula is C27H56N4OS. The summed E-state index contributed by atoms with van der Waals surface area (Å²) in [6.07, 6.45) is 20.1. The molecule has 1 aliphatic heterocycles. The highest BCUT2D eigenvalue weighted by molar-refractivity contribution is 8.13. The summed E-state index contributed by atoms with van der Waals surface area (Å²) in [6.45, 7) is 18.3. The van der Waals surface area contributed by atoms with Crippen molar-refractivity contribution in [3.8, 4) is 12.3 Å². The molecule has 0 unspecified atom stereocenters. The van der Waals surface area contributed by atoms with E-state index in [0.717, 1.165) is 30.3 Å². The monoisotopic (exact) mass is 484 g/mol. The first kappa shape index (κ1) is 41.5. The van der Waals surface area contributed by atoms with Crippen molar-refractivity contribution in [1.82, 2.24) is 10.2 Å². The van der Waals surface area contributed by atoms with Gasteiger partial charge in [-0.05, 0) is 39.3 Å². The Hall–Kier alpha value is -1.74. The smallest absolute Gasteiger partial charge is 0.159 e. The number of hydrogen-bond donors (Lipinski definition) is 2. The van der Waals surface area contributed by atoms with Gasteiger partial charge in [0, 0.05) is 32.1 Å². The number of terminal acetylenes is 1. The van der Waals surface area contributed by atoms with Gasteiger partial charge in [0.1, 0.15) is 6.29 Å². The number of nitrogens with zero attached hydrogens (tertiary/aromatic N) is 2. The molecule has 2 N–H and O–H groups in total.